The molecule has 19 heavy (non-hydrogen) atoms. The minimum absolute atomic E-state index is 0.159. The first-order valence-electron chi connectivity index (χ1n) is 6.07. The second-order valence-electron chi connectivity index (χ2n) is 5.57. The average Bonchev–Trinajstić information content (AvgIpc) is 2.48. The van der Waals surface area contributed by atoms with E-state index in [4.69, 9.17) is 14.0 Å². The van der Waals surface area contributed by atoms with Crippen molar-refractivity contribution in [3.8, 4) is 5.75 Å². The molecular weight excluding hydrogens is 314 g/mol. The molecule has 1 aliphatic rings. The lowest BCUT2D eigenvalue weighted by Crippen LogP contribution is -2.41. The molecule has 0 N–H and O–H groups in total. The van der Waals surface area contributed by atoms with Gasteiger partial charge in [-0.25, -0.2) is 4.39 Å². The van der Waals surface area contributed by atoms with E-state index in [1.165, 1.54) is 7.11 Å². The Morgan fingerprint density at radius 2 is 1.68 bits per heavy atom. The molecule has 3 nitrogen and oxygen atoms in total. The van der Waals surface area contributed by atoms with Crippen molar-refractivity contribution in [2.45, 2.75) is 38.9 Å². The van der Waals surface area contributed by atoms with E-state index in [9.17, 15) is 4.39 Å². The van der Waals surface area contributed by atoms with Crippen LogP contribution in [0.15, 0.2) is 16.6 Å². The zero-order chi connectivity index (χ0) is 14.4. The van der Waals surface area contributed by atoms with Crippen LogP contribution in [0.4, 0.5) is 4.39 Å². The fraction of sp³-hybridized carbons (Fsp3) is 0.538. The summed E-state index contributed by atoms with van der Waals surface area (Å²) in [5, 5.41) is 0. The SMILES string of the molecule is COc1c(Br)ccc(B2OC(C)(C)C(C)(C)O2)c1F. The molecule has 0 amide bonds. The fourth-order valence-electron chi connectivity index (χ4n) is 1.89. The summed E-state index contributed by atoms with van der Waals surface area (Å²) in [7, 11) is 0.698. The van der Waals surface area contributed by atoms with E-state index in [0.29, 0.717) is 9.94 Å². The highest BCUT2D eigenvalue weighted by Crippen LogP contribution is 2.37. The monoisotopic (exact) mass is 330 g/mol. The lowest BCUT2D eigenvalue weighted by Gasteiger charge is -2.32. The summed E-state index contributed by atoms with van der Waals surface area (Å²) >= 11 is 3.25. The molecule has 1 aromatic rings. The van der Waals surface area contributed by atoms with E-state index in [2.05, 4.69) is 15.9 Å². The Bertz CT molecular complexity index is 489. The van der Waals surface area contributed by atoms with Gasteiger partial charge in [0.05, 0.1) is 22.8 Å². The largest absolute Gasteiger partial charge is 0.498 e. The molecule has 1 aromatic carbocycles. The maximum Gasteiger partial charge on any atom is 0.498 e. The van der Waals surface area contributed by atoms with Gasteiger partial charge in [-0.3, -0.25) is 0 Å². The van der Waals surface area contributed by atoms with Crippen LogP contribution in [0.3, 0.4) is 0 Å². The topological polar surface area (TPSA) is 27.7 Å². The predicted octanol–water partition coefficient (Wildman–Crippen LogP) is 2.90. The fourth-order valence-corrected chi connectivity index (χ4v) is 2.35. The molecule has 2 rings (SSSR count). The van der Waals surface area contributed by atoms with Crippen molar-refractivity contribution in [2.24, 2.45) is 0 Å². The van der Waals surface area contributed by atoms with Gasteiger partial charge in [0.2, 0.25) is 0 Å². The Labute approximate surface area is 121 Å². The van der Waals surface area contributed by atoms with Gasteiger partial charge in [-0.2, -0.15) is 0 Å². The van der Waals surface area contributed by atoms with Crippen molar-refractivity contribution >= 4 is 28.5 Å². The molecule has 0 aliphatic carbocycles. The highest BCUT2D eigenvalue weighted by Gasteiger charge is 2.52. The quantitative estimate of drug-likeness (QED) is 0.780. The van der Waals surface area contributed by atoms with Crippen LogP contribution >= 0.6 is 15.9 Å². The van der Waals surface area contributed by atoms with E-state index in [1.807, 2.05) is 27.7 Å². The van der Waals surface area contributed by atoms with Crippen LogP contribution in [-0.2, 0) is 9.31 Å². The van der Waals surface area contributed by atoms with Crippen molar-refractivity contribution in [3.05, 3.63) is 22.4 Å². The minimum Gasteiger partial charge on any atom is -0.493 e. The normalized spacial score (nSPS) is 20.7. The molecule has 1 heterocycles. The Morgan fingerprint density at radius 3 is 2.16 bits per heavy atom. The van der Waals surface area contributed by atoms with Gasteiger partial charge in [-0.15, -0.1) is 0 Å². The van der Waals surface area contributed by atoms with Crippen LogP contribution in [0.25, 0.3) is 0 Å². The number of ether oxygens (including phenoxy) is 1. The summed E-state index contributed by atoms with van der Waals surface area (Å²) in [6, 6.07) is 3.37. The van der Waals surface area contributed by atoms with Crippen LogP contribution in [-0.4, -0.2) is 25.4 Å². The summed E-state index contributed by atoms with van der Waals surface area (Å²) in [4.78, 5) is 0. The van der Waals surface area contributed by atoms with E-state index in [-0.39, 0.29) is 5.75 Å². The molecule has 0 aromatic heterocycles. The molecule has 0 unspecified atom stereocenters. The smallest absolute Gasteiger partial charge is 0.493 e. The number of hydrogen-bond acceptors (Lipinski definition) is 3. The molecule has 1 saturated heterocycles. The maximum absolute atomic E-state index is 14.4. The second kappa shape index (κ2) is 4.75. The summed E-state index contributed by atoms with van der Waals surface area (Å²) in [6.07, 6.45) is 0. The van der Waals surface area contributed by atoms with Gasteiger partial charge in [0.1, 0.15) is 0 Å². The Kier molecular flexibility index (Phi) is 3.71. The zero-order valence-corrected chi connectivity index (χ0v) is 13.3. The molecular formula is C13H17BBrFO3. The third-order valence-corrected chi connectivity index (χ3v) is 4.41. The van der Waals surface area contributed by atoms with E-state index < -0.39 is 24.1 Å². The van der Waals surface area contributed by atoms with E-state index in [0.717, 1.165) is 0 Å². The van der Waals surface area contributed by atoms with Crippen LogP contribution in [0, 0.1) is 5.82 Å². The maximum atomic E-state index is 14.4. The Balaban J connectivity index is 2.40. The third kappa shape index (κ3) is 2.41. The van der Waals surface area contributed by atoms with E-state index >= 15 is 0 Å². The van der Waals surface area contributed by atoms with Crippen LogP contribution in [0.5, 0.6) is 5.75 Å². The van der Waals surface area contributed by atoms with Gasteiger partial charge in [-0.1, -0.05) is 6.07 Å². The number of rotatable bonds is 2. The summed E-state index contributed by atoms with van der Waals surface area (Å²) in [6.45, 7) is 7.73. The first-order valence-corrected chi connectivity index (χ1v) is 6.86. The number of benzene rings is 1. The molecule has 0 saturated carbocycles. The van der Waals surface area contributed by atoms with Gasteiger partial charge in [0, 0.05) is 5.46 Å². The third-order valence-electron chi connectivity index (χ3n) is 3.79. The van der Waals surface area contributed by atoms with Gasteiger partial charge in [0.15, 0.2) is 11.6 Å². The highest BCUT2D eigenvalue weighted by molar-refractivity contribution is 9.10. The minimum atomic E-state index is -0.730. The second-order valence-corrected chi connectivity index (χ2v) is 6.43. The molecule has 0 bridgehead atoms. The van der Waals surface area contributed by atoms with Crippen LogP contribution in [0.2, 0.25) is 0 Å². The number of halogens is 2. The molecule has 0 radical (unpaired) electrons. The summed E-state index contributed by atoms with van der Waals surface area (Å²) < 4.78 is 31.7. The summed E-state index contributed by atoms with van der Waals surface area (Å²) in [5.41, 5.74) is -0.645. The van der Waals surface area contributed by atoms with Crippen LogP contribution < -0.4 is 10.2 Å². The molecule has 104 valence electrons. The lowest BCUT2D eigenvalue weighted by atomic mass is 9.78. The van der Waals surface area contributed by atoms with Crippen molar-refractivity contribution in [1.29, 1.82) is 0 Å². The Hall–Kier alpha value is -0.585. The highest BCUT2D eigenvalue weighted by atomic mass is 79.9. The first-order chi connectivity index (χ1) is 8.69. The van der Waals surface area contributed by atoms with Gasteiger partial charge >= 0.3 is 7.12 Å². The molecule has 1 fully saturated rings. The number of methoxy groups -OCH3 is 1. The molecule has 6 heteroatoms. The predicted molar refractivity (Wildman–Crippen MR) is 76.4 cm³/mol. The molecule has 1 aliphatic heterocycles. The van der Waals surface area contributed by atoms with Gasteiger partial charge < -0.3 is 14.0 Å². The van der Waals surface area contributed by atoms with Crippen molar-refractivity contribution in [1.82, 2.24) is 0 Å². The van der Waals surface area contributed by atoms with Crippen molar-refractivity contribution < 1.29 is 18.4 Å². The van der Waals surface area contributed by atoms with Gasteiger partial charge in [-0.05, 0) is 49.7 Å². The summed E-state index contributed by atoms with van der Waals surface area (Å²) in [5.74, 6) is -0.303. The number of hydrogen-bond donors (Lipinski definition) is 0. The molecule has 0 spiro atoms. The van der Waals surface area contributed by atoms with Crippen molar-refractivity contribution in [2.75, 3.05) is 7.11 Å². The average molecular weight is 331 g/mol. The standard InChI is InChI=1S/C13H17BBrFO3/c1-12(2)13(3,4)19-14(18-12)8-6-7-9(15)11(17-5)10(8)16/h6-7H,1-5H3. The first kappa shape index (κ1) is 14.8. The lowest BCUT2D eigenvalue weighted by molar-refractivity contribution is 0.00578. The zero-order valence-electron chi connectivity index (χ0n) is 11.7. The van der Waals surface area contributed by atoms with Crippen molar-refractivity contribution in [3.63, 3.8) is 0 Å². The van der Waals surface area contributed by atoms with E-state index in [1.54, 1.807) is 12.1 Å². The van der Waals surface area contributed by atoms with Crippen LogP contribution in [0.1, 0.15) is 27.7 Å². The Morgan fingerprint density at radius 1 is 1.16 bits per heavy atom. The van der Waals surface area contributed by atoms with Gasteiger partial charge in [0.25, 0.3) is 0 Å². The molecule has 0 atom stereocenters.